The highest BCUT2D eigenvalue weighted by atomic mass is 32.2. The van der Waals surface area contributed by atoms with Crippen molar-refractivity contribution in [2.45, 2.75) is 56.8 Å². The predicted octanol–water partition coefficient (Wildman–Crippen LogP) is 5.13. The molecule has 0 saturated carbocycles. The number of nitrogens with zero attached hydrogens (tertiary/aromatic N) is 1. The van der Waals surface area contributed by atoms with Gasteiger partial charge in [-0.2, -0.15) is 0 Å². The van der Waals surface area contributed by atoms with Crippen molar-refractivity contribution in [2.75, 3.05) is 11.9 Å². The minimum atomic E-state index is -4.74. The monoisotopic (exact) mass is 386 g/mol. The standard InChI is InChI=1S/C18H21F3N2O2S/c1-4-17(5-2)10-13-15(16(24)23(17)6-3)26-14-9-11(25-18(19,20)21)7-8-12(14)22-13/h7-9,22H,4-6,10H2,1-3H3. The third-order valence-corrected chi connectivity index (χ3v) is 6.29. The molecule has 8 heteroatoms. The number of carbonyl (C=O) groups excluding carboxylic acids is 1. The lowest BCUT2D eigenvalue weighted by atomic mass is 9.82. The zero-order valence-electron chi connectivity index (χ0n) is 14.9. The van der Waals surface area contributed by atoms with Crippen LogP contribution in [-0.2, 0) is 4.79 Å². The number of ether oxygens (including phenoxy) is 1. The molecule has 1 aromatic carbocycles. The van der Waals surface area contributed by atoms with Gasteiger partial charge < -0.3 is 15.0 Å². The van der Waals surface area contributed by atoms with Gasteiger partial charge in [-0.1, -0.05) is 25.6 Å². The summed E-state index contributed by atoms with van der Waals surface area (Å²) in [5, 5.41) is 3.26. The Kier molecular flexibility index (Phi) is 4.90. The molecule has 2 aliphatic heterocycles. The highest BCUT2D eigenvalue weighted by Gasteiger charge is 2.44. The van der Waals surface area contributed by atoms with Gasteiger partial charge in [0.1, 0.15) is 5.75 Å². The summed E-state index contributed by atoms with van der Waals surface area (Å²) in [6, 6.07) is 4.15. The first-order valence-electron chi connectivity index (χ1n) is 8.62. The number of carbonyl (C=O) groups is 1. The molecule has 0 aromatic heterocycles. The molecule has 0 saturated heterocycles. The Morgan fingerprint density at radius 2 is 1.96 bits per heavy atom. The molecular formula is C18H21F3N2O2S. The number of fused-ring (bicyclic) bond motifs is 1. The molecule has 0 bridgehead atoms. The Bertz CT molecular complexity index is 757. The molecule has 0 radical (unpaired) electrons. The van der Waals surface area contributed by atoms with Gasteiger partial charge >= 0.3 is 6.36 Å². The van der Waals surface area contributed by atoms with E-state index in [1.54, 1.807) is 6.07 Å². The molecule has 4 nitrogen and oxygen atoms in total. The van der Waals surface area contributed by atoms with Crippen LogP contribution in [0.1, 0.15) is 40.0 Å². The highest BCUT2D eigenvalue weighted by molar-refractivity contribution is 8.04. The summed E-state index contributed by atoms with van der Waals surface area (Å²) in [6.07, 6.45) is -2.34. The van der Waals surface area contributed by atoms with Gasteiger partial charge in [0.2, 0.25) is 0 Å². The molecule has 0 atom stereocenters. The molecule has 1 amide bonds. The lowest BCUT2D eigenvalue weighted by Crippen LogP contribution is -2.55. The van der Waals surface area contributed by atoms with Crippen molar-refractivity contribution in [1.29, 1.82) is 0 Å². The van der Waals surface area contributed by atoms with E-state index in [2.05, 4.69) is 23.9 Å². The smallest absolute Gasteiger partial charge is 0.406 e. The number of likely N-dealkylation sites (N-methyl/N-ethyl adjacent to an activating group) is 1. The van der Waals surface area contributed by atoms with Gasteiger partial charge in [-0.15, -0.1) is 13.2 Å². The third kappa shape index (κ3) is 3.26. The van der Waals surface area contributed by atoms with E-state index < -0.39 is 6.36 Å². The van der Waals surface area contributed by atoms with Crippen molar-refractivity contribution >= 4 is 23.4 Å². The van der Waals surface area contributed by atoms with Crippen LogP contribution in [0.4, 0.5) is 18.9 Å². The number of anilines is 1. The van der Waals surface area contributed by atoms with Gasteiger partial charge in [-0.3, -0.25) is 4.79 Å². The number of benzene rings is 1. The van der Waals surface area contributed by atoms with Gasteiger partial charge in [-0.25, -0.2) is 0 Å². The Hall–Kier alpha value is -1.83. The molecule has 142 valence electrons. The van der Waals surface area contributed by atoms with Crippen LogP contribution in [0.3, 0.4) is 0 Å². The maximum Gasteiger partial charge on any atom is 0.573 e. The molecule has 3 rings (SSSR count). The quantitative estimate of drug-likeness (QED) is 0.779. The van der Waals surface area contributed by atoms with Crippen LogP contribution in [0, 0.1) is 0 Å². The second-order valence-corrected chi connectivity index (χ2v) is 7.45. The molecule has 2 heterocycles. The fourth-order valence-electron chi connectivity index (χ4n) is 3.70. The second-order valence-electron chi connectivity index (χ2n) is 6.40. The first-order valence-corrected chi connectivity index (χ1v) is 9.44. The van der Waals surface area contributed by atoms with Crippen molar-refractivity contribution in [1.82, 2.24) is 4.90 Å². The largest absolute Gasteiger partial charge is 0.573 e. The SMILES string of the molecule is CCN1C(=O)C2=C(CC1(CC)CC)Nc1ccc(OC(F)(F)F)cc1S2. The average molecular weight is 386 g/mol. The number of halogens is 3. The summed E-state index contributed by atoms with van der Waals surface area (Å²) < 4.78 is 41.3. The maximum absolute atomic E-state index is 13.0. The zero-order valence-corrected chi connectivity index (χ0v) is 15.7. The predicted molar refractivity (Wildman–Crippen MR) is 94.9 cm³/mol. The van der Waals surface area contributed by atoms with E-state index in [0.29, 0.717) is 28.5 Å². The van der Waals surface area contributed by atoms with Crippen molar-refractivity contribution in [3.05, 3.63) is 28.8 Å². The topological polar surface area (TPSA) is 41.6 Å². The first kappa shape index (κ1) is 18.9. The summed E-state index contributed by atoms with van der Waals surface area (Å²) in [6.45, 7) is 6.71. The van der Waals surface area contributed by atoms with Crippen molar-refractivity contribution in [3.8, 4) is 5.75 Å². The number of rotatable bonds is 4. The van der Waals surface area contributed by atoms with Crippen LogP contribution < -0.4 is 10.1 Å². The lowest BCUT2D eigenvalue weighted by molar-refractivity contribution is -0.274. The number of nitrogens with one attached hydrogen (secondary N) is 1. The number of alkyl halides is 3. The van der Waals surface area contributed by atoms with Crippen LogP contribution in [0.5, 0.6) is 5.75 Å². The average Bonchev–Trinajstić information content (AvgIpc) is 2.59. The molecule has 2 aliphatic rings. The lowest BCUT2D eigenvalue weighted by Gasteiger charge is -2.48. The van der Waals surface area contributed by atoms with E-state index in [-0.39, 0.29) is 17.2 Å². The van der Waals surface area contributed by atoms with Gasteiger partial charge in [-0.05, 0) is 38.0 Å². The normalized spacial score (nSPS) is 19.0. The van der Waals surface area contributed by atoms with Crippen molar-refractivity contribution < 1.29 is 22.7 Å². The highest BCUT2D eigenvalue weighted by Crippen LogP contribution is 2.48. The van der Waals surface area contributed by atoms with E-state index in [9.17, 15) is 18.0 Å². The second kappa shape index (κ2) is 6.72. The van der Waals surface area contributed by atoms with E-state index >= 15 is 0 Å². The molecule has 0 fully saturated rings. The Labute approximate surface area is 154 Å². The van der Waals surface area contributed by atoms with E-state index in [1.165, 1.54) is 23.9 Å². The first-order chi connectivity index (χ1) is 12.2. The molecule has 1 aromatic rings. The number of hydrogen-bond acceptors (Lipinski definition) is 4. The molecule has 0 unspecified atom stereocenters. The fourth-order valence-corrected chi connectivity index (χ4v) is 4.77. The minimum absolute atomic E-state index is 0.0669. The van der Waals surface area contributed by atoms with Gasteiger partial charge in [0, 0.05) is 29.1 Å². The van der Waals surface area contributed by atoms with Gasteiger partial charge in [0.15, 0.2) is 0 Å². The minimum Gasteiger partial charge on any atom is -0.406 e. The summed E-state index contributed by atoms with van der Waals surface area (Å²) in [5.74, 6) is -0.357. The molecule has 26 heavy (non-hydrogen) atoms. The number of amides is 1. The summed E-state index contributed by atoms with van der Waals surface area (Å²) >= 11 is 1.21. The zero-order chi connectivity index (χ0) is 19.1. The summed E-state index contributed by atoms with van der Waals surface area (Å²) in [4.78, 5) is 16.0. The van der Waals surface area contributed by atoms with E-state index in [1.807, 2.05) is 11.8 Å². The van der Waals surface area contributed by atoms with Crippen molar-refractivity contribution in [3.63, 3.8) is 0 Å². The Morgan fingerprint density at radius 1 is 1.27 bits per heavy atom. The third-order valence-electron chi connectivity index (χ3n) is 5.11. The van der Waals surface area contributed by atoms with Crippen LogP contribution in [0.25, 0.3) is 0 Å². The fraction of sp³-hybridized carbons (Fsp3) is 0.500. The van der Waals surface area contributed by atoms with E-state index in [0.717, 1.165) is 18.5 Å². The Balaban J connectivity index is 1.94. The molecule has 1 N–H and O–H groups in total. The summed E-state index contributed by atoms with van der Waals surface area (Å²) in [7, 11) is 0. The summed E-state index contributed by atoms with van der Waals surface area (Å²) in [5.41, 5.74) is 1.32. The molecular weight excluding hydrogens is 365 g/mol. The van der Waals surface area contributed by atoms with Crippen LogP contribution in [-0.4, -0.2) is 29.3 Å². The molecule has 0 aliphatic carbocycles. The Morgan fingerprint density at radius 3 is 2.54 bits per heavy atom. The van der Waals surface area contributed by atoms with Gasteiger partial charge in [0.25, 0.3) is 5.91 Å². The van der Waals surface area contributed by atoms with Crippen LogP contribution in [0.2, 0.25) is 0 Å². The number of hydrogen-bond donors (Lipinski definition) is 1. The van der Waals surface area contributed by atoms with Gasteiger partial charge in [0.05, 0.1) is 10.6 Å². The van der Waals surface area contributed by atoms with Crippen LogP contribution >= 0.6 is 11.8 Å². The van der Waals surface area contributed by atoms with Crippen LogP contribution in [0.15, 0.2) is 33.7 Å². The van der Waals surface area contributed by atoms with E-state index in [4.69, 9.17) is 0 Å². The molecule has 0 spiro atoms. The van der Waals surface area contributed by atoms with Crippen molar-refractivity contribution in [2.24, 2.45) is 0 Å². The number of thioether (sulfide) groups is 1. The maximum atomic E-state index is 13.0.